The van der Waals surface area contributed by atoms with Gasteiger partial charge in [-0.2, -0.15) is 0 Å². The minimum atomic E-state index is 0.306. The highest BCUT2D eigenvalue weighted by atomic mass is 15.2. The zero-order valence-corrected chi connectivity index (χ0v) is 13.8. The van der Waals surface area contributed by atoms with Crippen LogP contribution in [0.3, 0.4) is 0 Å². The highest BCUT2D eigenvalue weighted by Gasteiger charge is 2.01. The summed E-state index contributed by atoms with van der Waals surface area (Å²) in [5.41, 5.74) is 9.66. The zero-order chi connectivity index (χ0) is 16.9. The molecule has 2 aromatic heterocycles. The molecular weight excluding hydrogens is 300 g/mol. The third-order valence-corrected chi connectivity index (χ3v) is 3.53. The summed E-state index contributed by atoms with van der Waals surface area (Å²) in [7, 11) is 0. The van der Waals surface area contributed by atoms with E-state index in [2.05, 4.69) is 37.4 Å². The van der Waals surface area contributed by atoms with Crippen molar-refractivity contribution in [1.29, 1.82) is 0 Å². The van der Waals surface area contributed by atoms with Crippen molar-refractivity contribution in [3.63, 3.8) is 0 Å². The molecule has 0 unspecified atom stereocenters. The quantitative estimate of drug-likeness (QED) is 0.570. The summed E-state index contributed by atoms with van der Waals surface area (Å²) >= 11 is 0. The molecule has 0 aliphatic rings. The van der Waals surface area contributed by atoms with Gasteiger partial charge >= 0.3 is 0 Å². The Hall–Kier alpha value is -3.02. The van der Waals surface area contributed by atoms with Crippen LogP contribution in [0, 0.1) is 13.8 Å². The highest BCUT2D eigenvalue weighted by Crippen LogP contribution is 2.12. The van der Waals surface area contributed by atoms with E-state index in [0.29, 0.717) is 18.5 Å². The van der Waals surface area contributed by atoms with Gasteiger partial charge in [0, 0.05) is 35.4 Å². The first-order valence-corrected chi connectivity index (χ1v) is 7.84. The number of benzene rings is 1. The van der Waals surface area contributed by atoms with Gasteiger partial charge in [-0.1, -0.05) is 24.3 Å². The van der Waals surface area contributed by atoms with Crippen molar-refractivity contribution in [3.05, 3.63) is 59.5 Å². The molecule has 6 heteroatoms. The molecule has 0 atom stereocenters. The largest absolute Gasteiger partial charge is 0.370 e. The van der Waals surface area contributed by atoms with Gasteiger partial charge in [-0.25, -0.2) is 9.97 Å². The number of nitrogens with one attached hydrogen (secondary N) is 1. The number of pyridine rings is 1. The molecular formula is C18H20N6. The topological polar surface area (TPSA) is 89.1 Å². The summed E-state index contributed by atoms with van der Waals surface area (Å²) in [6.45, 7) is 4.38. The van der Waals surface area contributed by atoms with E-state index in [1.54, 1.807) is 0 Å². The molecule has 0 saturated heterocycles. The lowest BCUT2D eigenvalue weighted by molar-refractivity contribution is 0.928. The van der Waals surface area contributed by atoms with Crippen molar-refractivity contribution in [3.8, 4) is 0 Å². The second-order valence-corrected chi connectivity index (χ2v) is 5.61. The fourth-order valence-electron chi connectivity index (χ4n) is 2.47. The van der Waals surface area contributed by atoms with E-state index in [4.69, 9.17) is 5.73 Å². The van der Waals surface area contributed by atoms with E-state index in [1.807, 2.05) is 44.2 Å². The van der Waals surface area contributed by atoms with Gasteiger partial charge in [0.05, 0.1) is 5.52 Å². The fourth-order valence-corrected chi connectivity index (χ4v) is 2.47. The smallest absolute Gasteiger partial charge is 0.229 e. The molecule has 0 aliphatic heterocycles. The standard InChI is InChI=1S/C18H20N6/c1-12-11-13(2)22-18(21-12)24-17(19)20-10-9-15-8-7-14-5-3-4-6-16(14)23-15/h3-8,11H,9-10H2,1-2H3,(H3,19,20,21,22,24). The van der Waals surface area contributed by atoms with Crippen LogP contribution in [-0.4, -0.2) is 27.5 Å². The first-order valence-electron chi connectivity index (χ1n) is 7.84. The second-order valence-electron chi connectivity index (χ2n) is 5.61. The Balaban J connectivity index is 1.62. The minimum Gasteiger partial charge on any atom is -0.370 e. The number of fused-ring (bicyclic) bond motifs is 1. The Morgan fingerprint density at radius 3 is 2.58 bits per heavy atom. The third-order valence-electron chi connectivity index (χ3n) is 3.53. The summed E-state index contributed by atoms with van der Waals surface area (Å²) in [6, 6.07) is 14.1. The third kappa shape index (κ3) is 4.04. The van der Waals surface area contributed by atoms with E-state index in [-0.39, 0.29) is 0 Å². The molecule has 3 rings (SSSR count). The average Bonchev–Trinajstić information content (AvgIpc) is 2.53. The number of guanidine groups is 1. The van der Waals surface area contributed by atoms with Crippen LogP contribution in [0.5, 0.6) is 0 Å². The lowest BCUT2D eigenvalue weighted by Crippen LogP contribution is -2.24. The predicted molar refractivity (Wildman–Crippen MR) is 97.1 cm³/mol. The number of anilines is 1. The maximum Gasteiger partial charge on any atom is 0.229 e. The van der Waals surface area contributed by atoms with Crippen molar-refractivity contribution >= 4 is 22.8 Å². The molecule has 3 aromatic rings. The molecule has 2 heterocycles. The molecule has 0 amide bonds. The van der Waals surface area contributed by atoms with Crippen molar-refractivity contribution < 1.29 is 0 Å². The first-order chi connectivity index (χ1) is 11.6. The van der Waals surface area contributed by atoms with E-state index >= 15 is 0 Å². The van der Waals surface area contributed by atoms with Crippen LogP contribution < -0.4 is 11.1 Å². The fraction of sp³-hybridized carbons (Fsp3) is 0.222. The summed E-state index contributed by atoms with van der Waals surface area (Å²) in [5, 5.41) is 4.06. The van der Waals surface area contributed by atoms with Gasteiger partial charge in [-0.15, -0.1) is 0 Å². The van der Waals surface area contributed by atoms with Crippen LogP contribution in [0.1, 0.15) is 17.1 Å². The summed E-state index contributed by atoms with van der Waals surface area (Å²) in [4.78, 5) is 17.5. The van der Waals surface area contributed by atoms with E-state index in [0.717, 1.165) is 34.4 Å². The molecule has 6 nitrogen and oxygen atoms in total. The maximum atomic E-state index is 5.90. The highest BCUT2D eigenvalue weighted by molar-refractivity contribution is 5.90. The molecule has 1 aromatic carbocycles. The van der Waals surface area contributed by atoms with Crippen LogP contribution in [0.15, 0.2) is 47.5 Å². The van der Waals surface area contributed by atoms with Gasteiger partial charge in [0.2, 0.25) is 5.95 Å². The molecule has 0 spiro atoms. The minimum absolute atomic E-state index is 0.306. The second kappa shape index (κ2) is 7.04. The monoisotopic (exact) mass is 320 g/mol. The Morgan fingerprint density at radius 1 is 1.04 bits per heavy atom. The van der Waals surface area contributed by atoms with Crippen LogP contribution in [0.25, 0.3) is 10.9 Å². The zero-order valence-electron chi connectivity index (χ0n) is 13.8. The molecule has 0 radical (unpaired) electrons. The molecule has 3 N–H and O–H groups in total. The number of para-hydroxylation sites is 1. The lowest BCUT2D eigenvalue weighted by Gasteiger charge is -2.06. The number of nitrogens with two attached hydrogens (primary N) is 1. The van der Waals surface area contributed by atoms with Crippen LogP contribution in [0.4, 0.5) is 5.95 Å². The maximum absolute atomic E-state index is 5.90. The van der Waals surface area contributed by atoms with Crippen molar-refractivity contribution in [2.45, 2.75) is 20.3 Å². The van der Waals surface area contributed by atoms with E-state index < -0.39 is 0 Å². The van der Waals surface area contributed by atoms with Crippen molar-refractivity contribution in [2.24, 2.45) is 10.7 Å². The molecule has 0 saturated carbocycles. The normalized spacial score (nSPS) is 11.7. The Bertz CT molecular complexity index is 867. The molecule has 0 bridgehead atoms. The van der Waals surface area contributed by atoms with E-state index in [1.165, 1.54) is 0 Å². The Morgan fingerprint density at radius 2 is 1.79 bits per heavy atom. The predicted octanol–water partition coefficient (Wildman–Crippen LogP) is 2.61. The number of aromatic nitrogens is 3. The van der Waals surface area contributed by atoms with Gasteiger partial charge in [-0.3, -0.25) is 15.3 Å². The number of aliphatic imine (C=N–C) groups is 1. The summed E-state index contributed by atoms with van der Waals surface area (Å²) in [6.07, 6.45) is 0.723. The van der Waals surface area contributed by atoms with Gasteiger partial charge in [-0.05, 0) is 32.0 Å². The van der Waals surface area contributed by atoms with E-state index in [9.17, 15) is 0 Å². The molecule has 24 heavy (non-hydrogen) atoms. The van der Waals surface area contributed by atoms with Crippen molar-refractivity contribution in [2.75, 3.05) is 11.9 Å². The number of hydrogen-bond donors (Lipinski definition) is 2. The molecule has 122 valence electrons. The number of aryl methyl sites for hydroxylation is 2. The number of nitrogens with zero attached hydrogens (tertiary/aromatic N) is 4. The average molecular weight is 320 g/mol. The van der Waals surface area contributed by atoms with Crippen molar-refractivity contribution in [1.82, 2.24) is 15.0 Å². The number of rotatable bonds is 4. The molecule has 0 fully saturated rings. The van der Waals surface area contributed by atoms with Gasteiger partial charge in [0.25, 0.3) is 0 Å². The summed E-state index contributed by atoms with van der Waals surface area (Å²) in [5.74, 6) is 0.776. The Labute approximate surface area is 140 Å². The van der Waals surface area contributed by atoms with Crippen LogP contribution >= 0.6 is 0 Å². The van der Waals surface area contributed by atoms with Gasteiger partial charge in [0.15, 0.2) is 5.96 Å². The number of hydrogen-bond acceptors (Lipinski definition) is 4. The Kier molecular flexibility index (Phi) is 4.65. The first kappa shape index (κ1) is 15.9. The lowest BCUT2D eigenvalue weighted by atomic mass is 10.2. The van der Waals surface area contributed by atoms with Gasteiger partial charge < -0.3 is 5.73 Å². The van der Waals surface area contributed by atoms with Gasteiger partial charge in [0.1, 0.15) is 0 Å². The summed E-state index contributed by atoms with van der Waals surface area (Å²) < 4.78 is 0. The SMILES string of the molecule is Cc1cc(C)nc(NC(N)=NCCc2ccc3ccccc3n2)n1. The molecule has 0 aliphatic carbocycles. The van der Waals surface area contributed by atoms with Crippen LogP contribution in [-0.2, 0) is 6.42 Å². The van der Waals surface area contributed by atoms with Crippen LogP contribution in [0.2, 0.25) is 0 Å².